The van der Waals surface area contributed by atoms with Crippen LogP contribution >= 0.6 is 0 Å². The van der Waals surface area contributed by atoms with Gasteiger partial charge in [-0.2, -0.15) is 0 Å². The van der Waals surface area contributed by atoms with E-state index in [0.29, 0.717) is 6.04 Å². The van der Waals surface area contributed by atoms with E-state index >= 15 is 0 Å². The van der Waals surface area contributed by atoms with Crippen molar-refractivity contribution in [2.75, 3.05) is 26.8 Å². The van der Waals surface area contributed by atoms with Gasteiger partial charge in [-0.25, -0.2) is 0 Å². The number of likely N-dealkylation sites (N-methyl/N-ethyl adjacent to an activating group) is 1. The first kappa shape index (κ1) is 11.9. The first-order valence-corrected chi connectivity index (χ1v) is 6.37. The molecule has 2 saturated heterocycles. The summed E-state index contributed by atoms with van der Waals surface area (Å²) in [6, 6.07) is 0.437. The van der Waals surface area contributed by atoms with Crippen LogP contribution in [0, 0.1) is 0 Å². The quantitative estimate of drug-likeness (QED) is 0.756. The van der Waals surface area contributed by atoms with E-state index in [0.717, 1.165) is 39.0 Å². The van der Waals surface area contributed by atoms with Crippen molar-refractivity contribution >= 4 is 5.91 Å². The average Bonchev–Trinajstić information content (AvgIpc) is 2.39. The van der Waals surface area contributed by atoms with Gasteiger partial charge in [0.2, 0.25) is 5.91 Å². The van der Waals surface area contributed by atoms with E-state index in [2.05, 4.69) is 5.32 Å². The molecule has 2 fully saturated rings. The molecule has 2 aliphatic rings. The fourth-order valence-electron chi connectivity index (χ4n) is 2.56. The second kappa shape index (κ2) is 5.64. The van der Waals surface area contributed by atoms with Crippen LogP contribution in [-0.4, -0.2) is 49.7 Å². The molecule has 0 bridgehead atoms. The Bertz CT molecular complexity index is 233. The highest BCUT2D eigenvalue weighted by Crippen LogP contribution is 2.16. The number of nitrogens with zero attached hydrogens (tertiary/aromatic N) is 1. The summed E-state index contributed by atoms with van der Waals surface area (Å²) in [4.78, 5) is 14.2. The van der Waals surface area contributed by atoms with Gasteiger partial charge in [0.15, 0.2) is 0 Å². The summed E-state index contributed by atoms with van der Waals surface area (Å²) in [6.07, 6.45) is 5.33. The third kappa shape index (κ3) is 2.74. The van der Waals surface area contributed by atoms with E-state index in [4.69, 9.17) is 4.74 Å². The Kier molecular flexibility index (Phi) is 4.18. The van der Waals surface area contributed by atoms with Crippen LogP contribution in [0.5, 0.6) is 0 Å². The number of carbonyl (C=O) groups excluding carboxylic acids is 1. The number of rotatable bonds is 2. The number of hydrogen-bond donors (Lipinski definition) is 1. The lowest BCUT2D eigenvalue weighted by Crippen LogP contribution is -2.51. The number of carbonyl (C=O) groups is 1. The van der Waals surface area contributed by atoms with Crippen LogP contribution < -0.4 is 5.32 Å². The molecule has 92 valence electrons. The van der Waals surface area contributed by atoms with Gasteiger partial charge in [-0.1, -0.05) is 6.42 Å². The molecule has 16 heavy (non-hydrogen) atoms. The SMILES string of the molecule is CN(C(=O)C1CCCCN1)C1CCOCC1. The van der Waals surface area contributed by atoms with E-state index in [9.17, 15) is 4.79 Å². The Labute approximate surface area is 97.3 Å². The fraction of sp³-hybridized carbons (Fsp3) is 0.917. The summed E-state index contributed by atoms with van der Waals surface area (Å²) in [5.41, 5.74) is 0. The maximum absolute atomic E-state index is 12.2. The monoisotopic (exact) mass is 226 g/mol. The molecule has 0 aliphatic carbocycles. The zero-order valence-corrected chi connectivity index (χ0v) is 10.1. The Morgan fingerprint density at radius 1 is 1.25 bits per heavy atom. The average molecular weight is 226 g/mol. The third-order valence-corrected chi connectivity index (χ3v) is 3.69. The molecular formula is C12H22N2O2. The van der Waals surface area contributed by atoms with Crippen molar-refractivity contribution in [3.63, 3.8) is 0 Å². The minimum absolute atomic E-state index is 0.0570. The lowest BCUT2D eigenvalue weighted by atomic mass is 10.0. The van der Waals surface area contributed by atoms with Gasteiger partial charge in [-0.15, -0.1) is 0 Å². The highest BCUT2D eigenvalue weighted by Gasteiger charge is 2.28. The van der Waals surface area contributed by atoms with Crippen molar-refractivity contribution in [3.8, 4) is 0 Å². The molecular weight excluding hydrogens is 204 g/mol. The molecule has 0 spiro atoms. The van der Waals surface area contributed by atoms with Crippen molar-refractivity contribution in [3.05, 3.63) is 0 Å². The van der Waals surface area contributed by atoms with Crippen LogP contribution in [0.2, 0.25) is 0 Å². The topological polar surface area (TPSA) is 41.6 Å². The van der Waals surface area contributed by atoms with Crippen LogP contribution in [0.25, 0.3) is 0 Å². The van der Waals surface area contributed by atoms with Crippen molar-refractivity contribution in [1.82, 2.24) is 10.2 Å². The van der Waals surface area contributed by atoms with Gasteiger partial charge < -0.3 is 15.0 Å². The van der Waals surface area contributed by atoms with Crippen molar-refractivity contribution in [1.29, 1.82) is 0 Å². The van der Waals surface area contributed by atoms with Gasteiger partial charge in [0.05, 0.1) is 6.04 Å². The van der Waals surface area contributed by atoms with E-state index in [1.165, 1.54) is 12.8 Å². The summed E-state index contributed by atoms with van der Waals surface area (Å²) in [7, 11) is 1.94. The Morgan fingerprint density at radius 2 is 2.00 bits per heavy atom. The van der Waals surface area contributed by atoms with Gasteiger partial charge in [0.1, 0.15) is 0 Å². The molecule has 4 nitrogen and oxygen atoms in total. The summed E-state index contributed by atoms with van der Waals surface area (Å²) >= 11 is 0. The maximum atomic E-state index is 12.2. The van der Waals surface area contributed by atoms with Gasteiger partial charge >= 0.3 is 0 Å². The third-order valence-electron chi connectivity index (χ3n) is 3.69. The van der Waals surface area contributed by atoms with Crippen LogP contribution in [-0.2, 0) is 9.53 Å². The zero-order chi connectivity index (χ0) is 11.4. The molecule has 0 radical (unpaired) electrons. The van der Waals surface area contributed by atoms with Gasteiger partial charge in [-0.3, -0.25) is 4.79 Å². The maximum Gasteiger partial charge on any atom is 0.239 e. The molecule has 1 unspecified atom stereocenters. The summed E-state index contributed by atoms with van der Waals surface area (Å²) < 4.78 is 5.32. The van der Waals surface area contributed by atoms with E-state index in [-0.39, 0.29) is 11.9 Å². The summed E-state index contributed by atoms with van der Waals surface area (Å²) in [6.45, 7) is 2.57. The minimum atomic E-state index is 0.0570. The second-order valence-corrected chi connectivity index (χ2v) is 4.80. The molecule has 0 aromatic carbocycles. The number of ether oxygens (including phenoxy) is 1. The molecule has 1 amide bonds. The van der Waals surface area contributed by atoms with Crippen molar-refractivity contribution in [2.45, 2.75) is 44.2 Å². The number of hydrogen-bond acceptors (Lipinski definition) is 3. The van der Waals surface area contributed by atoms with Crippen molar-refractivity contribution < 1.29 is 9.53 Å². The predicted octanol–water partition coefficient (Wildman–Crippen LogP) is 0.766. The van der Waals surface area contributed by atoms with Crippen LogP contribution in [0.4, 0.5) is 0 Å². The van der Waals surface area contributed by atoms with Gasteiger partial charge in [0.25, 0.3) is 0 Å². The first-order valence-electron chi connectivity index (χ1n) is 6.37. The Morgan fingerprint density at radius 3 is 2.62 bits per heavy atom. The molecule has 2 heterocycles. The summed E-state index contributed by atoms with van der Waals surface area (Å²) in [5.74, 6) is 0.270. The number of amides is 1. The van der Waals surface area contributed by atoms with E-state index < -0.39 is 0 Å². The Balaban J connectivity index is 1.86. The standard InChI is InChI=1S/C12H22N2O2/c1-14(10-5-8-16-9-6-10)12(15)11-4-2-3-7-13-11/h10-11,13H,2-9H2,1H3. The zero-order valence-electron chi connectivity index (χ0n) is 10.1. The normalized spacial score (nSPS) is 27.7. The molecule has 1 atom stereocenters. The number of nitrogens with one attached hydrogen (secondary N) is 1. The molecule has 0 aromatic rings. The molecule has 0 aromatic heterocycles. The van der Waals surface area contributed by atoms with Crippen LogP contribution in [0.15, 0.2) is 0 Å². The first-order chi connectivity index (χ1) is 7.79. The van der Waals surface area contributed by atoms with Gasteiger partial charge in [0, 0.05) is 26.3 Å². The van der Waals surface area contributed by atoms with Crippen molar-refractivity contribution in [2.24, 2.45) is 0 Å². The van der Waals surface area contributed by atoms with Gasteiger partial charge in [-0.05, 0) is 32.2 Å². The largest absolute Gasteiger partial charge is 0.381 e. The van der Waals surface area contributed by atoms with Crippen LogP contribution in [0.1, 0.15) is 32.1 Å². The van der Waals surface area contributed by atoms with Crippen LogP contribution in [0.3, 0.4) is 0 Å². The Hall–Kier alpha value is -0.610. The highest BCUT2D eigenvalue weighted by atomic mass is 16.5. The lowest BCUT2D eigenvalue weighted by molar-refractivity contribution is -0.136. The second-order valence-electron chi connectivity index (χ2n) is 4.80. The molecule has 2 rings (SSSR count). The minimum Gasteiger partial charge on any atom is -0.381 e. The lowest BCUT2D eigenvalue weighted by Gasteiger charge is -2.35. The summed E-state index contributed by atoms with van der Waals surface area (Å²) in [5, 5.41) is 3.32. The molecule has 0 saturated carbocycles. The van der Waals surface area contributed by atoms with E-state index in [1.54, 1.807) is 0 Å². The molecule has 2 aliphatic heterocycles. The fourth-order valence-corrected chi connectivity index (χ4v) is 2.56. The predicted molar refractivity (Wildman–Crippen MR) is 62.3 cm³/mol. The number of piperidine rings is 1. The molecule has 4 heteroatoms. The molecule has 1 N–H and O–H groups in total. The highest BCUT2D eigenvalue weighted by molar-refractivity contribution is 5.82. The smallest absolute Gasteiger partial charge is 0.239 e. The van der Waals surface area contributed by atoms with E-state index in [1.807, 2.05) is 11.9 Å².